The molecule has 2 rings (SSSR count). The number of carboxylic acid groups (broad SMARTS) is 2. The molecule has 1 aromatic carbocycles. The van der Waals surface area contributed by atoms with Crippen molar-refractivity contribution >= 4 is 17.8 Å². The Morgan fingerprint density at radius 2 is 1.62 bits per heavy atom. The minimum absolute atomic E-state index is 0.0127. The number of rotatable bonds is 6. The van der Waals surface area contributed by atoms with Crippen LogP contribution in [-0.4, -0.2) is 59.3 Å². The first-order chi connectivity index (χ1) is 12.3. The van der Waals surface area contributed by atoms with Gasteiger partial charge in [-0.1, -0.05) is 26.0 Å². The molecule has 2 N–H and O–H groups in total. The predicted octanol–water partition coefficient (Wildman–Crippen LogP) is 1.82. The van der Waals surface area contributed by atoms with E-state index in [4.69, 9.17) is 4.74 Å². The molecule has 0 radical (unpaired) electrons. The molecule has 1 heterocycles. The number of carbonyl (C=O) groups is 3. The third-order valence-corrected chi connectivity index (χ3v) is 4.27. The van der Waals surface area contributed by atoms with Crippen LogP contribution in [0.25, 0.3) is 0 Å². The zero-order chi connectivity index (χ0) is 19.3. The van der Waals surface area contributed by atoms with Crippen molar-refractivity contribution in [3.63, 3.8) is 0 Å². The van der Waals surface area contributed by atoms with Gasteiger partial charge in [-0.15, -0.1) is 0 Å². The Bertz CT molecular complexity index is 714. The maximum Gasteiger partial charge on any atom is 0.332 e. The molecule has 1 fully saturated rings. The van der Waals surface area contributed by atoms with Gasteiger partial charge >= 0.3 is 11.9 Å². The lowest BCUT2D eigenvalue weighted by molar-refractivity contribution is -0.136. The number of morpholine rings is 1. The predicted molar refractivity (Wildman–Crippen MR) is 94.0 cm³/mol. The number of nitrogens with zero attached hydrogens (tertiary/aromatic N) is 1. The first-order valence-corrected chi connectivity index (χ1v) is 8.46. The number of carboxylic acids is 2. The second kappa shape index (κ2) is 8.62. The van der Waals surface area contributed by atoms with Crippen molar-refractivity contribution in [3.05, 3.63) is 46.5 Å². The minimum atomic E-state index is -1.25. The van der Waals surface area contributed by atoms with Gasteiger partial charge in [-0.25, -0.2) is 9.59 Å². The smallest absolute Gasteiger partial charge is 0.332 e. The Kier molecular flexibility index (Phi) is 6.52. The van der Waals surface area contributed by atoms with E-state index in [2.05, 4.69) is 0 Å². The minimum Gasteiger partial charge on any atom is -0.478 e. The third-order valence-electron chi connectivity index (χ3n) is 4.27. The Balaban J connectivity index is 2.21. The molecule has 1 amide bonds. The molecular weight excluding hydrogens is 338 g/mol. The largest absolute Gasteiger partial charge is 0.478 e. The summed E-state index contributed by atoms with van der Waals surface area (Å²) in [6.45, 7) is 5.42. The highest BCUT2D eigenvalue weighted by molar-refractivity contribution is 5.99. The van der Waals surface area contributed by atoms with E-state index in [1.807, 2.05) is 0 Å². The summed E-state index contributed by atoms with van der Waals surface area (Å²) in [6, 6.07) is 6.61. The molecule has 1 aliphatic rings. The highest BCUT2D eigenvalue weighted by atomic mass is 16.5. The summed E-state index contributed by atoms with van der Waals surface area (Å²) >= 11 is 0. The van der Waals surface area contributed by atoms with Crippen molar-refractivity contribution < 1.29 is 29.3 Å². The van der Waals surface area contributed by atoms with Crippen LogP contribution >= 0.6 is 0 Å². The number of ether oxygens (including phenoxy) is 1. The highest BCUT2D eigenvalue weighted by Gasteiger charge is 2.23. The SMILES string of the molecule is CC(C)/C(C(=O)O)=C(\Cc1ccc(C(=O)N2CCOCC2)cc1)C(=O)O. The van der Waals surface area contributed by atoms with Crippen molar-refractivity contribution in [2.45, 2.75) is 20.3 Å². The van der Waals surface area contributed by atoms with E-state index >= 15 is 0 Å². The summed E-state index contributed by atoms with van der Waals surface area (Å²) in [5.41, 5.74) is 0.907. The normalized spacial score (nSPS) is 15.6. The van der Waals surface area contributed by atoms with Crippen LogP contribution in [0.4, 0.5) is 0 Å². The van der Waals surface area contributed by atoms with E-state index in [-0.39, 0.29) is 23.5 Å². The van der Waals surface area contributed by atoms with Gasteiger partial charge in [0.25, 0.3) is 5.91 Å². The summed E-state index contributed by atoms with van der Waals surface area (Å²) in [5, 5.41) is 18.7. The zero-order valence-corrected chi connectivity index (χ0v) is 14.9. The molecule has 140 valence electrons. The van der Waals surface area contributed by atoms with Gasteiger partial charge in [0.1, 0.15) is 0 Å². The molecule has 0 unspecified atom stereocenters. The van der Waals surface area contributed by atoms with Crippen molar-refractivity contribution in [3.8, 4) is 0 Å². The fraction of sp³-hybridized carbons (Fsp3) is 0.421. The Hall–Kier alpha value is -2.67. The average molecular weight is 361 g/mol. The van der Waals surface area contributed by atoms with Crippen molar-refractivity contribution in [2.24, 2.45) is 5.92 Å². The number of hydrogen-bond acceptors (Lipinski definition) is 4. The van der Waals surface area contributed by atoms with Crippen LogP contribution in [0.5, 0.6) is 0 Å². The Morgan fingerprint density at radius 1 is 1.04 bits per heavy atom. The molecule has 7 nitrogen and oxygen atoms in total. The van der Waals surface area contributed by atoms with Crippen LogP contribution < -0.4 is 0 Å². The number of hydrogen-bond donors (Lipinski definition) is 2. The van der Waals surface area contributed by atoms with Crippen LogP contribution in [0.1, 0.15) is 29.8 Å². The molecule has 1 aliphatic heterocycles. The summed E-state index contributed by atoms with van der Waals surface area (Å²) in [6.07, 6.45) is -0.0127. The second-order valence-electron chi connectivity index (χ2n) is 6.44. The zero-order valence-electron chi connectivity index (χ0n) is 14.9. The molecule has 0 bridgehead atoms. The van der Waals surface area contributed by atoms with Gasteiger partial charge in [0, 0.05) is 25.1 Å². The van der Waals surface area contributed by atoms with Crippen molar-refractivity contribution in [1.82, 2.24) is 4.90 Å². The van der Waals surface area contributed by atoms with E-state index in [0.29, 0.717) is 37.4 Å². The fourth-order valence-corrected chi connectivity index (χ4v) is 2.93. The maximum absolute atomic E-state index is 12.4. The average Bonchev–Trinajstić information content (AvgIpc) is 2.61. The van der Waals surface area contributed by atoms with Crippen molar-refractivity contribution in [1.29, 1.82) is 0 Å². The maximum atomic E-state index is 12.4. The lowest BCUT2D eigenvalue weighted by atomic mass is 9.92. The molecular formula is C19H23NO6. The van der Waals surface area contributed by atoms with E-state index in [1.165, 1.54) is 0 Å². The summed E-state index contributed by atoms with van der Waals surface area (Å²) < 4.78 is 5.23. The van der Waals surface area contributed by atoms with Crippen LogP contribution in [0, 0.1) is 5.92 Å². The third kappa shape index (κ3) is 4.70. The summed E-state index contributed by atoms with van der Waals surface area (Å²) in [5.74, 6) is -2.98. The standard InChI is InChI=1S/C19H23NO6/c1-12(2)16(19(24)25)15(18(22)23)11-13-3-5-14(6-4-13)17(21)20-7-9-26-10-8-20/h3-6,12H,7-11H2,1-2H3,(H,22,23)(H,24,25)/b16-15-. The van der Waals surface area contributed by atoms with Crippen LogP contribution in [0.2, 0.25) is 0 Å². The second-order valence-corrected chi connectivity index (χ2v) is 6.44. The van der Waals surface area contributed by atoms with Gasteiger partial charge in [-0.3, -0.25) is 4.79 Å². The molecule has 1 saturated heterocycles. The van der Waals surface area contributed by atoms with Gasteiger partial charge < -0.3 is 19.8 Å². The van der Waals surface area contributed by atoms with E-state index in [0.717, 1.165) is 0 Å². The highest BCUT2D eigenvalue weighted by Crippen LogP contribution is 2.20. The molecule has 0 atom stereocenters. The van der Waals surface area contributed by atoms with E-state index in [1.54, 1.807) is 43.0 Å². The number of carbonyl (C=O) groups excluding carboxylic acids is 1. The lowest BCUT2D eigenvalue weighted by Gasteiger charge is -2.26. The van der Waals surface area contributed by atoms with Crippen molar-refractivity contribution in [2.75, 3.05) is 26.3 Å². The van der Waals surface area contributed by atoms with Crippen LogP contribution in [0.15, 0.2) is 35.4 Å². The summed E-state index contributed by atoms with van der Waals surface area (Å²) in [4.78, 5) is 37.1. The van der Waals surface area contributed by atoms with Crippen LogP contribution in [-0.2, 0) is 20.7 Å². The fourth-order valence-electron chi connectivity index (χ4n) is 2.93. The Morgan fingerprint density at radius 3 is 2.08 bits per heavy atom. The number of aliphatic carboxylic acids is 2. The number of amides is 1. The Labute approximate surface area is 151 Å². The van der Waals surface area contributed by atoms with Gasteiger partial charge in [-0.2, -0.15) is 0 Å². The first kappa shape index (κ1) is 19.7. The molecule has 0 aromatic heterocycles. The number of benzene rings is 1. The first-order valence-electron chi connectivity index (χ1n) is 8.46. The van der Waals surface area contributed by atoms with Gasteiger partial charge in [0.2, 0.25) is 0 Å². The van der Waals surface area contributed by atoms with Gasteiger partial charge in [0.05, 0.1) is 24.4 Å². The molecule has 0 saturated carbocycles. The topological polar surface area (TPSA) is 104 Å². The molecule has 0 aliphatic carbocycles. The van der Waals surface area contributed by atoms with Crippen LogP contribution in [0.3, 0.4) is 0 Å². The molecule has 1 aromatic rings. The molecule has 0 spiro atoms. The molecule has 7 heteroatoms. The van der Waals surface area contributed by atoms with Gasteiger partial charge in [0.15, 0.2) is 0 Å². The van der Waals surface area contributed by atoms with E-state index in [9.17, 15) is 24.6 Å². The van der Waals surface area contributed by atoms with E-state index < -0.39 is 17.9 Å². The quantitative estimate of drug-likeness (QED) is 0.749. The lowest BCUT2D eigenvalue weighted by Crippen LogP contribution is -2.40. The van der Waals surface area contributed by atoms with Gasteiger partial charge in [-0.05, 0) is 23.6 Å². The molecule has 26 heavy (non-hydrogen) atoms. The summed E-state index contributed by atoms with van der Waals surface area (Å²) in [7, 11) is 0. The monoisotopic (exact) mass is 361 g/mol.